The highest BCUT2D eigenvalue weighted by Crippen LogP contribution is 2.31. The third kappa shape index (κ3) is 4.88. The average Bonchev–Trinajstić information content (AvgIpc) is 2.95. The van der Waals surface area contributed by atoms with Crippen LogP contribution < -0.4 is 15.5 Å². The number of amides is 2. The number of para-hydroxylation sites is 1. The van der Waals surface area contributed by atoms with E-state index in [4.69, 9.17) is 6.42 Å². The summed E-state index contributed by atoms with van der Waals surface area (Å²) in [5, 5.41) is 7.98. The van der Waals surface area contributed by atoms with E-state index in [0.29, 0.717) is 19.4 Å². The average molecular weight is 462 g/mol. The van der Waals surface area contributed by atoms with Crippen LogP contribution in [-0.2, 0) is 22.6 Å². The van der Waals surface area contributed by atoms with Gasteiger partial charge in [0.25, 0.3) is 0 Å². The molecule has 0 bridgehead atoms. The number of anilines is 1. The number of benzene rings is 3. The molecule has 1 heterocycles. The fraction of sp³-hybridized carbons (Fsp3) is 0.259. The molecule has 1 aliphatic heterocycles. The number of nitrogens with zero attached hydrogens (tertiary/aromatic N) is 1. The zero-order valence-corrected chi connectivity index (χ0v) is 19.6. The van der Waals surface area contributed by atoms with Crippen molar-refractivity contribution in [1.29, 1.82) is 0 Å². The fourth-order valence-corrected chi connectivity index (χ4v) is 4.24. The van der Waals surface area contributed by atoms with Crippen LogP contribution in [0.2, 0.25) is 0 Å². The Morgan fingerprint density at radius 1 is 1.15 bits per heavy atom. The lowest BCUT2D eigenvalue weighted by molar-refractivity contribution is -0.128. The van der Waals surface area contributed by atoms with Gasteiger partial charge in [0, 0.05) is 11.3 Å². The first-order valence-corrected chi connectivity index (χ1v) is 10.9. The Hall–Kier alpha value is -3.33. The highest BCUT2D eigenvalue weighted by Gasteiger charge is 2.32. The summed E-state index contributed by atoms with van der Waals surface area (Å²) in [4.78, 5) is 28.1. The molecule has 6 heteroatoms. The molecule has 2 N–H and O–H groups in total. The van der Waals surface area contributed by atoms with Gasteiger partial charge in [-0.05, 0) is 60.8 Å². The Morgan fingerprint density at radius 3 is 2.64 bits per heavy atom. The van der Waals surface area contributed by atoms with Crippen molar-refractivity contribution in [1.82, 2.24) is 10.6 Å². The van der Waals surface area contributed by atoms with Crippen LogP contribution in [0.1, 0.15) is 30.0 Å². The van der Waals surface area contributed by atoms with Crippen LogP contribution in [0.25, 0.3) is 10.8 Å². The lowest BCUT2D eigenvalue weighted by Gasteiger charge is -2.28. The normalized spacial score (nSPS) is 16.2. The standard InChI is InChI=1S/C27H27N3O2.ClH/c1-4-19-13-14-20-9-5-7-11-22(20)23(19)17-30-25-12-8-6-10-21(25)15-16-24(27(30)32)29-26(31)18(2)28-3;/h1,5-14,18,24,28H,15-17H2,2-3H3,(H,29,31);1H/t18-,24-;/m0./s1. The van der Waals surface area contributed by atoms with E-state index in [9.17, 15) is 9.59 Å². The van der Waals surface area contributed by atoms with Gasteiger partial charge in [-0.3, -0.25) is 9.59 Å². The van der Waals surface area contributed by atoms with E-state index in [2.05, 4.69) is 16.6 Å². The Morgan fingerprint density at radius 2 is 1.88 bits per heavy atom. The zero-order valence-electron chi connectivity index (χ0n) is 18.8. The van der Waals surface area contributed by atoms with E-state index < -0.39 is 6.04 Å². The summed E-state index contributed by atoms with van der Waals surface area (Å²) in [5.74, 6) is 2.47. The van der Waals surface area contributed by atoms with E-state index in [1.165, 1.54) is 0 Å². The van der Waals surface area contributed by atoms with E-state index in [1.54, 1.807) is 18.9 Å². The number of hydrogen-bond acceptors (Lipinski definition) is 3. The molecule has 3 aromatic carbocycles. The van der Waals surface area contributed by atoms with Crippen molar-refractivity contribution in [2.24, 2.45) is 0 Å². The summed E-state index contributed by atoms with van der Waals surface area (Å²) in [7, 11) is 1.73. The number of halogens is 1. The van der Waals surface area contributed by atoms with Crippen molar-refractivity contribution in [3.63, 3.8) is 0 Å². The molecule has 2 atom stereocenters. The maximum atomic E-state index is 13.7. The highest BCUT2D eigenvalue weighted by atomic mass is 35.5. The Kier molecular flexibility index (Phi) is 7.75. The summed E-state index contributed by atoms with van der Waals surface area (Å²) in [6, 6.07) is 18.9. The second-order valence-corrected chi connectivity index (χ2v) is 8.12. The van der Waals surface area contributed by atoms with Gasteiger partial charge >= 0.3 is 0 Å². The van der Waals surface area contributed by atoms with Gasteiger partial charge in [-0.1, -0.05) is 54.5 Å². The van der Waals surface area contributed by atoms with Crippen molar-refractivity contribution < 1.29 is 9.59 Å². The molecule has 33 heavy (non-hydrogen) atoms. The highest BCUT2D eigenvalue weighted by molar-refractivity contribution is 6.01. The van der Waals surface area contributed by atoms with Gasteiger partial charge in [0.15, 0.2) is 0 Å². The first-order valence-electron chi connectivity index (χ1n) is 10.9. The third-order valence-electron chi connectivity index (χ3n) is 6.20. The molecule has 0 radical (unpaired) electrons. The minimum absolute atomic E-state index is 0. The van der Waals surface area contributed by atoms with Gasteiger partial charge in [0.05, 0.1) is 12.6 Å². The number of carbonyl (C=O) groups is 2. The Bertz CT molecular complexity index is 1220. The molecule has 3 aromatic rings. The minimum atomic E-state index is -0.602. The smallest absolute Gasteiger partial charge is 0.249 e. The summed E-state index contributed by atoms with van der Waals surface area (Å²) in [6.07, 6.45) is 7.08. The summed E-state index contributed by atoms with van der Waals surface area (Å²) in [6.45, 7) is 2.11. The number of hydrogen-bond donors (Lipinski definition) is 2. The van der Waals surface area contributed by atoms with E-state index in [0.717, 1.165) is 33.2 Å². The minimum Gasteiger partial charge on any atom is -0.343 e. The van der Waals surface area contributed by atoms with E-state index in [-0.39, 0.29) is 30.3 Å². The quantitative estimate of drug-likeness (QED) is 0.568. The first kappa shape index (κ1) is 24.3. The maximum Gasteiger partial charge on any atom is 0.249 e. The molecule has 0 unspecified atom stereocenters. The van der Waals surface area contributed by atoms with Gasteiger partial charge < -0.3 is 15.5 Å². The van der Waals surface area contributed by atoms with Gasteiger partial charge in [-0.25, -0.2) is 0 Å². The van der Waals surface area contributed by atoms with Gasteiger partial charge in [0.2, 0.25) is 11.8 Å². The summed E-state index contributed by atoms with van der Waals surface area (Å²) in [5.41, 5.74) is 3.65. The molecule has 0 aliphatic carbocycles. The predicted molar refractivity (Wildman–Crippen MR) is 136 cm³/mol. The number of terminal acetylenes is 1. The number of rotatable bonds is 5. The summed E-state index contributed by atoms with van der Waals surface area (Å²) < 4.78 is 0. The Balaban J connectivity index is 0.00000306. The number of nitrogens with one attached hydrogen (secondary N) is 2. The molecular weight excluding hydrogens is 434 g/mol. The van der Waals surface area contributed by atoms with Crippen LogP contribution in [0, 0.1) is 12.3 Å². The predicted octanol–water partition coefficient (Wildman–Crippen LogP) is 3.82. The summed E-state index contributed by atoms with van der Waals surface area (Å²) >= 11 is 0. The van der Waals surface area contributed by atoms with Crippen molar-refractivity contribution in [2.45, 2.75) is 38.4 Å². The second-order valence-electron chi connectivity index (χ2n) is 8.12. The van der Waals surface area contributed by atoms with Gasteiger partial charge in [-0.2, -0.15) is 0 Å². The maximum absolute atomic E-state index is 13.7. The Labute approximate surface area is 201 Å². The second kappa shape index (κ2) is 10.5. The fourth-order valence-electron chi connectivity index (χ4n) is 4.24. The molecule has 0 spiro atoms. The van der Waals surface area contributed by atoms with Crippen molar-refractivity contribution in [3.05, 3.63) is 77.4 Å². The molecule has 0 fully saturated rings. The molecule has 2 amide bonds. The number of fused-ring (bicyclic) bond motifs is 2. The van der Waals surface area contributed by atoms with Crippen LogP contribution in [0.15, 0.2) is 60.7 Å². The molecule has 5 nitrogen and oxygen atoms in total. The monoisotopic (exact) mass is 461 g/mol. The molecule has 0 saturated carbocycles. The topological polar surface area (TPSA) is 61.4 Å². The lowest BCUT2D eigenvalue weighted by atomic mass is 9.98. The molecular formula is C27H28ClN3O2. The number of aryl methyl sites for hydroxylation is 1. The van der Waals surface area contributed by atoms with E-state index in [1.807, 2.05) is 60.7 Å². The van der Waals surface area contributed by atoms with Crippen LogP contribution in [-0.4, -0.2) is 30.9 Å². The SMILES string of the molecule is C#Cc1ccc2ccccc2c1CN1C(=O)[C@@H](NC(=O)[C@H](C)NC)CCc2ccccc21.Cl. The van der Waals surface area contributed by atoms with Gasteiger partial charge in [0.1, 0.15) is 6.04 Å². The number of likely N-dealkylation sites (N-methyl/N-ethyl adjacent to an activating group) is 1. The molecule has 0 saturated heterocycles. The molecule has 1 aliphatic rings. The van der Waals surface area contributed by atoms with Crippen LogP contribution in [0.4, 0.5) is 5.69 Å². The van der Waals surface area contributed by atoms with E-state index >= 15 is 0 Å². The van der Waals surface area contributed by atoms with Crippen molar-refractivity contribution >= 4 is 40.7 Å². The van der Waals surface area contributed by atoms with Crippen molar-refractivity contribution in [3.8, 4) is 12.3 Å². The third-order valence-corrected chi connectivity index (χ3v) is 6.20. The van der Waals surface area contributed by atoms with Crippen molar-refractivity contribution in [2.75, 3.05) is 11.9 Å². The zero-order chi connectivity index (χ0) is 22.7. The molecule has 0 aromatic heterocycles. The van der Waals surface area contributed by atoms with Crippen LogP contribution in [0.3, 0.4) is 0 Å². The molecule has 170 valence electrons. The number of carbonyl (C=O) groups excluding carboxylic acids is 2. The van der Waals surface area contributed by atoms with Crippen LogP contribution in [0.5, 0.6) is 0 Å². The largest absolute Gasteiger partial charge is 0.343 e. The van der Waals surface area contributed by atoms with Crippen LogP contribution >= 0.6 is 12.4 Å². The van der Waals surface area contributed by atoms with Gasteiger partial charge in [-0.15, -0.1) is 18.8 Å². The first-order chi connectivity index (χ1) is 15.5. The lowest BCUT2D eigenvalue weighted by Crippen LogP contribution is -2.52. The molecule has 4 rings (SSSR count).